The Bertz CT molecular complexity index is 612. The van der Waals surface area contributed by atoms with E-state index in [9.17, 15) is 9.59 Å². The second-order valence-corrected chi connectivity index (χ2v) is 6.67. The van der Waals surface area contributed by atoms with Gasteiger partial charge in [-0.2, -0.15) is 0 Å². The number of carbonyl (C=O) groups is 2. The maximum Gasteiger partial charge on any atom is 0.343 e. The van der Waals surface area contributed by atoms with Crippen molar-refractivity contribution in [3.8, 4) is 5.75 Å². The van der Waals surface area contributed by atoms with Gasteiger partial charge in [0.2, 0.25) is 5.91 Å². The number of rotatable bonds is 8. The van der Waals surface area contributed by atoms with Crippen molar-refractivity contribution in [1.29, 1.82) is 0 Å². The highest BCUT2D eigenvalue weighted by Gasteiger charge is 2.23. The molecule has 1 N–H and O–H groups in total. The molecule has 1 amide bonds. The van der Waals surface area contributed by atoms with Crippen LogP contribution in [0.1, 0.15) is 44.6 Å². The molecule has 1 saturated carbocycles. The molecule has 144 valence electrons. The summed E-state index contributed by atoms with van der Waals surface area (Å²) >= 11 is 0. The number of nitrogens with one attached hydrogen (secondary N) is 1. The molecule has 0 unspecified atom stereocenters. The maximum atomic E-state index is 12.6. The Morgan fingerprint density at radius 2 is 1.96 bits per heavy atom. The van der Waals surface area contributed by atoms with Crippen LogP contribution in [-0.4, -0.2) is 49.6 Å². The number of likely N-dealkylation sites (N-methyl/N-ethyl adjacent to an activating group) is 1. The zero-order valence-corrected chi connectivity index (χ0v) is 16.0. The third kappa shape index (κ3) is 5.64. The van der Waals surface area contributed by atoms with E-state index in [1.807, 2.05) is 30.9 Å². The number of benzene rings is 1. The van der Waals surface area contributed by atoms with Gasteiger partial charge in [0.25, 0.3) is 0 Å². The lowest BCUT2D eigenvalue weighted by molar-refractivity contribution is -0.143. The average Bonchev–Trinajstić information content (AvgIpc) is 2.66. The number of carbonyl (C=O) groups excluding carboxylic acids is 2. The average molecular weight is 362 g/mol. The van der Waals surface area contributed by atoms with E-state index in [-0.39, 0.29) is 19.1 Å². The molecule has 0 bridgehead atoms. The highest BCUT2D eigenvalue weighted by atomic mass is 16.6. The second-order valence-electron chi connectivity index (χ2n) is 6.67. The van der Waals surface area contributed by atoms with E-state index < -0.39 is 5.97 Å². The van der Waals surface area contributed by atoms with Crippen LogP contribution >= 0.6 is 0 Å². The lowest BCUT2D eigenvalue weighted by atomic mass is 9.94. The SMILES string of the molecule is CCN(C(=O)CNc1ccc(OCC(=O)OC)cc1C)C1CCCCC1. The molecule has 0 radical (unpaired) electrons. The molecule has 0 saturated heterocycles. The Morgan fingerprint density at radius 1 is 1.23 bits per heavy atom. The highest BCUT2D eigenvalue weighted by Crippen LogP contribution is 2.24. The third-order valence-electron chi connectivity index (χ3n) is 4.89. The molecular formula is C20H30N2O4. The molecule has 1 fully saturated rings. The Labute approximate surface area is 155 Å². The van der Waals surface area contributed by atoms with Gasteiger partial charge in [0, 0.05) is 18.3 Å². The number of hydrogen-bond donors (Lipinski definition) is 1. The molecule has 1 aromatic rings. The molecule has 0 aliphatic heterocycles. The van der Waals surface area contributed by atoms with E-state index in [1.165, 1.54) is 26.4 Å². The number of ether oxygens (including phenoxy) is 2. The fraction of sp³-hybridized carbons (Fsp3) is 0.600. The van der Waals surface area contributed by atoms with E-state index in [0.717, 1.165) is 30.6 Å². The van der Waals surface area contributed by atoms with Crippen LogP contribution in [0.3, 0.4) is 0 Å². The van der Waals surface area contributed by atoms with Gasteiger partial charge in [-0.05, 0) is 50.5 Å². The molecule has 26 heavy (non-hydrogen) atoms. The van der Waals surface area contributed by atoms with Gasteiger partial charge in [-0.15, -0.1) is 0 Å². The first-order chi connectivity index (χ1) is 12.5. The van der Waals surface area contributed by atoms with Crippen molar-refractivity contribution in [1.82, 2.24) is 4.90 Å². The second kappa shape index (κ2) is 10.0. The highest BCUT2D eigenvalue weighted by molar-refractivity contribution is 5.81. The number of amides is 1. The summed E-state index contributed by atoms with van der Waals surface area (Å²) in [7, 11) is 1.33. The van der Waals surface area contributed by atoms with Gasteiger partial charge in [0.05, 0.1) is 13.7 Å². The Morgan fingerprint density at radius 3 is 2.58 bits per heavy atom. The minimum Gasteiger partial charge on any atom is -0.482 e. The fourth-order valence-electron chi connectivity index (χ4n) is 3.43. The van der Waals surface area contributed by atoms with Crippen molar-refractivity contribution in [2.24, 2.45) is 0 Å². The summed E-state index contributed by atoms with van der Waals surface area (Å²) in [4.78, 5) is 25.8. The van der Waals surface area contributed by atoms with E-state index in [4.69, 9.17) is 4.74 Å². The van der Waals surface area contributed by atoms with E-state index in [2.05, 4.69) is 10.1 Å². The topological polar surface area (TPSA) is 67.9 Å². The van der Waals surface area contributed by atoms with Crippen molar-refractivity contribution in [3.05, 3.63) is 23.8 Å². The van der Waals surface area contributed by atoms with Crippen LogP contribution in [0, 0.1) is 6.92 Å². The summed E-state index contributed by atoms with van der Waals surface area (Å²) in [6, 6.07) is 5.88. The quantitative estimate of drug-likeness (QED) is 0.720. The molecule has 2 rings (SSSR count). The number of esters is 1. The molecule has 0 aromatic heterocycles. The van der Waals surface area contributed by atoms with E-state index >= 15 is 0 Å². The number of aryl methyl sites for hydroxylation is 1. The standard InChI is InChI=1S/C20H30N2O4/c1-4-22(16-8-6-5-7-9-16)19(23)13-21-18-11-10-17(12-15(18)2)26-14-20(24)25-3/h10-12,16,21H,4-9,13-14H2,1-3H3. The molecule has 6 heteroatoms. The number of anilines is 1. The van der Waals surface area contributed by atoms with Gasteiger partial charge in [-0.3, -0.25) is 4.79 Å². The first-order valence-corrected chi connectivity index (χ1v) is 9.38. The van der Waals surface area contributed by atoms with Crippen molar-refractivity contribution < 1.29 is 19.1 Å². The lowest BCUT2D eigenvalue weighted by Crippen LogP contribution is -2.44. The third-order valence-corrected chi connectivity index (χ3v) is 4.89. The van der Waals surface area contributed by atoms with Gasteiger partial charge in [0.15, 0.2) is 6.61 Å². The van der Waals surface area contributed by atoms with E-state index in [0.29, 0.717) is 11.8 Å². The largest absolute Gasteiger partial charge is 0.482 e. The molecule has 1 aliphatic rings. The maximum absolute atomic E-state index is 12.6. The van der Waals surface area contributed by atoms with Crippen molar-refractivity contribution in [2.75, 3.05) is 32.1 Å². The van der Waals surface area contributed by atoms with Crippen LogP contribution in [0.5, 0.6) is 5.75 Å². The molecular weight excluding hydrogens is 332 g/mol. The summed E-state index contributed by atoms with van der Waals surface area (Å²) in [6.45, 7) is 4.91. The molecule has 1 aliphatic carbocycles. The Hall–Kier alpha value is -2.24. The minimum absolute atomic E-state index is 0.117. The molecule has 1 aromatic carbocycles. The van der Waals surface area contributed by atoms with Gasteiger partial charge in [0.1, 0.15) is 5.75 Å². The molecule has 0 atom stereocenters. The number of hydrogen-bond acceptors (Lipinski definition) is 5. The van der Waals surface area contributed by atoms with Crippen molar-refractivity contribution >= 4 is 17.6 Å². The number of nitrogens with zero attached hydrogens (tertiary/aromatic N) is 1. The van der Waals surface area contributed by atoms with E-state index in [1.54, 1.807) is 6.07 Å². The van der Waals surface area contributed by atoms with Gasteiger partial charge < -0.3 is 19.7 Å². The minimum atomic E-state index is -0.419. The summed E-state index contributed by atoms with van der Waals surface area (Å²) in [5, 5.41) is 3.23. The van der Waals surface area contributed by atoms with Crippen LogP contribution in [0.25, 0.3) is 0 Å². The smallest absolute Gasteiger partial charge is 0.343 e. The van der Waals surface area contributed by atoms with Crippen LogP contribution in [0.2, 0.25) is 0 Å². The Balaban J connectivity index is 1.89. The fourth-order valence-corrected chi connectivity index (χ4v) is 3.43. The van der Waals surface area contributed by atoms with Crippen LogP contribution in [0.15, 0.2) is 18.2 Å². The van der Waals surface area contributed by atoms with Crippen molar-refractivity contribution in [2.45, 2.75) is 52.0 Å². The Kier molecular flexibility index (Phi) is 7.75. The van der Waals surface area contributed by atoms with Gasteiger partial charge >= 0.3 is 5.97 Å². The predicted molar refractivity (Wildman–Crippen MR) is 101 cm³/mol. The lowest BCUT2D eigenvalue weighted by Gasteiger charge is -2.33. The van der Waals surface area contributed by atoms with Gasteiger partial charge in [-0.25, -0.2) is 4.79 Å². The predicted octanol–water partition coefficient (Wildman–Crippen LogP) is 3.14. The summed E-state index contributed by atoms with van der Waals surface area (Å²) in [6.07, 6.45) is 5.95. The molecule has 0 spiro atoms. The van der Waals surface area contributed by atoms with Crippen molar-refractivity contribution in [3.63, 3.8) is 0 Å². The first-order valence-electron chi connectivity index (χ1n) is 9.38. The van der Waals surface area contributed by atoms with Crippen LogP contribution in [0.4, 0.5) is 5.69 Å². The normalized spacial score (nSPS) is 14.6. The number of methoxy groups -OCH3 is 1. The summed E-state index contributed by atoms with van der Waals surface area (Å²) in [5.41, 5.74) is 1.85. The van der Waals surface area contributed by atoms with Gasteiger partial charge in [-0.1, -0.05) is 19.3 Å². The molecule has 6 nitrogen and oxygen atoms in total. The monoisotopic (exact) mass is 362 g/mol. The zero-order valence-electron chi connectivity index (χ0n) is 16.0. The summed E-state index contributed by atoms with van der Waals surface area (Å²) < 4.78 is 9.93. The zero-order chi connectivity index (χ0) is 18.9. The summed E-state index contributed by atoms with van der Waals surface area (Å²) in [5.74, 6) is 0.324. The molecule has 0 heterocycles. The van der Waals surface area contributed by atoms with Crippen LogP contribution in [-0.2, 0) is 14.3 Å². The first kappa shape index (κ1) is 20.1. The van der Waals surface area contributed by atoms with Crippen LogP contribution < -0.4 is 10.1 Å².